The van der Waals surface area contributed by atoms with Gasteiger partial charge in [0.15, 0.2) is 0 Å². The summed E-state index contributed by atoms with van der Waals surface area (Å²) in [7, 11) is 0. The van der Waals surface area contributed by atoms with Gasteiger partial charge in [-0.25, -0.2) is 0 Å². The maximum Gasteiger partial charge on any atom is 2.00 e. The monoisotopic (exact) mass is 832 g/mol. The van der Waals surface area contributed by atoms with E-state index in [0.717, 1.165) is 0 Å². The van der Waals surface area contributed by atoms with Crippen LogP contribution in [0.2, 0.25) is 0 Å². The maximum atomic E-state index is 9.93. The summed E-state index contributed by atoms with van der Waals surface area (Å²) in [5.41, 5.74) is 6.11. The van der Waals surface area contributed by atoms with Gasteiger partial charge in [-0.05, 0) is 44.8 Å². The summed E-state index contributed by atoms with van der Waals surface area (Å²) >= 11 is -22.5. The van der Waals surface area contributed by atoms with Crippen LogP contribution < -0.4 is 0 Å². The summed E-state index contributed by atoms with van der Waals surface area (Å²) in [6, 6.07) is 5.25. The van der Waals surface area contributed by atoms with Crippen LogP contribution in [-0.2, 0) is 19.5 Å². The molecule has 0 aromatic carbocycles. The van der Waals surface area contributed by atoms with Crippen molar-refractivity contribution in [3.63, 3.8) is 0 Å². The summed E-state index contributed by atoms with van der Waals surface area (Å²) in [6.45, 7) is 15.5. The molecular formula is C16H25F12N3RhSb2. The number of halogens is 12. The molecule has 0 heterocycles. The predicted octanol–water partition coefficient (Wildman–Crippen LogP) is 9.18. The molecule has 0 N–H and O–H groups in total. The Bertz CT molecular complexity index is 719. The molecule has 0 unspecified atom stereocenters. The molecule has 0 spiro atoms. The first-order valence-corrected chi connectivity index (χ1v) is 19.7. The molecule has 34 heavy (non-hydrogen) atoms. The topological polar surface area (TPSA) is 71.4 Å². The third kappa shape index (κ3) is 77.1. The summed E-state index contributed by atoms with van der Waals surface area (Å²) in [6.07, 6.45) is 0. The van der Waals surface area contributed by atoms with E-state index in [1.165, 1.54) is 31.9 Å². The van der Waals surface area contributed by atoms with E-state index in [0.29, 0.717) is 5.92 Å². The Morgan fingerprint density at radius 3 is 0.647 bits per heavy atom. The first-order chi connectivity index (χ1) is 13.7. The number of allylic oxidation sites excluding steroid dienone is 4. The Morgan fingerprint density at radius 1 is 0.529 bits per heavy atom. The van der Waals surface area contributed by atoms with Crippen LogP contribution in [0.25, 0.3) is 0 Å². The molecule has 0 aliphatic heterocycles. The van der Waals surface area contributed by atoms with E-state index in [1.807, 2.05) is 0 Å². The van der Waals surface area contributed by atoms with Crippen molar-refractivity contribution in [2.24, 2.45) is 5.92 Å². The first kappa shape index (κ1) is 46.7. The van der Waals surface area contributed by atoms with Gasteiger partial charge in [-0.15, -0.1) is 0 Å². The second kappa shape index (κ2) is 14.2. The maximum absolute atomic E-state index is 11.2. The minimum absolute atomic E-state index is 0. The van der Waals surface area contributed by atoms with Crippen molar-refractivity contribution in [3.05, 3.63) is 22.3 Å². The van der Waals surface area contributed by atoms with E-state index in [-0.39, 0.29) is 19.5 Å². The van der Waals surface area contributed by atoms with Crippen molar-refractivity contribution < 1.29 is 53.2 Å². The fourth-order valence-electron chi connectivity index (χ4n) is 1.57. The minimum atomic E-state index is -11.2. The summed E-state index contributed by atoms with van der Waals surface area (Å²) in [5, 5.41) is 22.0. The average Bonchev–Trinajstić information content (AvgIpc) is 2.61. The third-order valence-electron chi connectivity index (χ3n) is 3.04. The van der Waals surface area contributed by atoms with E-state index >= 15 is 0 Å². The molecule has 1 rings (SSSR count). The molecule has 0 aromatic rings. The van der Waals surface area contributed by atoms with Crippen LogP contribution in [0.3, 0.4) is 0 Å². The summed E-state index contributed by atoms with van der Waals surface area (Å²) in [5.74, 6) is 0.694. The number of nitrogens with zero attached hydrogens (tertiary/aromatic N) is 3. The molecule has 0 fully saturated rings. The van der Waals surface area contributed by atoms with Gasteiger partial charge in [0.05, 0.1) is 18.2 Å². The number of hydrogen-bond donors (Lipinski definition) is 0. The molecule has 0 amide bonds. The second-order valence-corrected chi connectivity index (χ2v) is 16.9. The molecule has 0 saturated carbocycles. The van der Waals surface area contributed by atoms with Crippen LogP contribution in [0.1, 0.15) is 55.4 Å². The van der Waals surface area contributed by atoms with Crippen LogP contribution >= 0.6 is 0 Å². The van der Waals surface area contributed by atoms with Crippen LogP contribution in [0.5, 0.6) is 0 Å². The number of rotatable bonds is 0. The standard InChI is InChI=1S/C10H16.3C2H3N.12FH.Rh.2Sb/c1-6-7(2)9(4)10(5)8(6)3;3*1-2-3;;;;;;;;;;;;;;;/h6H,1-5H3;3*1H3;12*1H;;;/q;;;;;;;;;;;;;;;;+2;2*+5/p-12. The molecule has 0 aromatic heterocycles. The van der Waals surface area contributed by atoms with Crippen LogP contribution in [-0.4, -0.2) is 39.0 Å². The van der Waals surface area contributed by atoms with Crippen LogP contribution in [0.15, 0.2) is 22.3 Å². The van der Waals surface area contributed by atoms with Gasteiger partial charge in [0, 0.05) is 20.8 Å². The van der Waals surface area contributed by atoms with E-state index in [9.17, 15) is 33.8 Å². The Labute approximate surface area is 208 Å². The largest absolute Gasteiger partial charge is 2.00 e. The number of nitriles is 3. The van der Waals surface area contributed by atoms with Crippen molar-refractivity contribution in [1.82, 2.24) is 0 Å². The van der Waals surface area contributed by atoms with Gasteiger partial charge < -0.3 is 0 Å². The summed E-state index contributed by atoms with van der Waals surface area (Å²) in [4.78, 5) is 0. The van der Waals surface area contributed by atoms with E-state index in [1.54, 1.807) is 29.4 Å². The van der Waals surface area contributed by atoms with Crippen molar-refractivity contribution in [1.29, 1.82) is 15.8 Å². The Kier molecular flexibility index (Phi) is 19.5. The van der Waals surface area contributed by atoms with Gasteiger partial charge in [-0.1, -0.05) is 18.1 Å². The summed E-state index contributed by atoms with van der Waals surface area (Å²) < 4.78 is 119. The SMILES string of the molecule is CC#N.CC#N.CC#N.CC1=C(C)C(C)C(C)=C1C.[F][Sb-]([F])([F])([F])([F])[F].[F][Sb-]([F])([F])([F])([F])[F].[Rh+2]. The van der Waals surface area contributed by atoms with Gasteiger partial charge in [0.25, 0.3) is 0 Å². The van der Waals surface area contributed by atoms with Gasteiger partial charge in [-0.3, -0.25) is 0 Å². The zero-order valence-corrected chi connectivity index (χ0v) is 25.9. The van der Waals surface area contributed by atoms with Crippen molar-refractivity contribution in [3.8, 4) is 18.2 Å². The average molecular weight is 834 g/mol. The first-order valence-electron chi connectivity index (χ1n) is 8.10. The fraction of sp³-hybridized carbons (Fsp3) is 0.562. The van der Waals surface area contributed by atoms with Gasteiger partial charge in [0.1, 0.15) is 0 Å². The third-order valence-corrected chi connectivity index (χ3v) is 3.04. The van der Waals surface area contributed by atoms with E-state index in [4.69, 9.17) is 15.8 Å². The molecule has 0 atom stereocenters. The molecule has 207 valence electrons. The smallest absolute Gasteiger partial charge is 2.00 e. The molecule has 3 nitrogen and oxygen atoms in total. The zero-order valence-electron chi connectivity index (χ0n) is 19.2. The molecule has 1 aliphatic rings. The Balaban J connectivity index is -0.0000000738. The number of hydrogen-bond acceptors (Lipinski definition) is 3. The fourth-order valence-corrected chi connectivity index (χ4v) is 1.57. The zero-order chi connectivity index (χ0) is 28.8. The Hall–Kier alpha value is -0.630. The molecule has 1 aliphatic carbocycles. The van der Waals surface area contributed by atoms with Crippen LogP contribution in [0, 0.1) is 39.9 Å². The predicted molar refractivity (Wildman–Crippen MR) is 105 cm³/mol. The second-order valence-electron chi connectivity index (χ2n) is 5.93. The molecular weight excluding hydrogens is 809 g/mol. The molecule has 0 saturated heterocycles. The quantitative estimate of drug-likeness (QED) is 0.181. The van der Waals surface area contributed by atoms with Crippen molar-refractivity contribution in [2.45, 2.75) is 55.4 Å². The van der Waals surface area contributed by atoms with Crippen molar-refractivity contribution in [2.75, 3.05) is 0 Å². The minimum Gasteiger partial charge on any atom is 2.00 e. The van der Waals surface area contributed by atoms with E-state index in [2.05, 4.69) is 34.6 Å². The normalized spacial score (nSPS) is 16.5. The van der Waals surface area contributed by atoms with E-state index < -0.39 is 39.0 Å². The van der Waals surface area contributed by atoms with Crippen molar-refractivity contribution >= 4 is 39.0 Å². The Morgan fingerprint density at radius 2 is 0.618 bits per heavy atom. The van der Waals surface area contributed by atoms with Gasteiger partial charge >= 0.3 is 92.2 Å². The molecule has 1 radical (unpaired) electrons. The van der Waals surface area contributed by atoms with Gasteiger partial charge in [0.2, 0.25) is 0 Å². The molecule has 0 bridgehead atoms. The van der Waals surface area contributed by atoms with Crippen LogP contribution in [0.4, 0.5) is 33.8 Å². The molecule has 18 heteroatoms. The van der Waals surface area contributed by atoms with Gasteiger partial charge in [-0.2, -0.15) is 15.8 Å².